The molecule has 0 aromatic heterocycles. The third-order valence-electron chi connectivity index (χ3n) is 2.67. The van der Waals surface area contributed by atoms with Gasteiger partial charge >= 0.3 is 0 Å². The largest absolute Gasteiger partial charge is 0.496 e. The van der Waals surface area contributed by atoms with Crippen molar-refractivity contribution in [2.24, 2.45) is 0 Å². The zero-order chi connectivity index (χ0) is 13.5. The van der Waals surface area contributed by atoms with Crippen LogP contribution >= 0.6 is 8.46 Å². The van der Waals surface area contributed by atoms with Crippen molar-refractivity contribution < 1.29 is 18.8 Å². The van der Waals surface area contributed by atoms with E-state index >= 15 is 0 Å². The molecule has 0 N–H and O–H groups in total. The second-order valence-corrected chi connectivity index (χ2v) is 4.65. The number of carbonyl (C=O) groups excluding carboxylic acids is 1. The lowest BCUT2D eigenvalue weighted by atomic mass is 10.0. The van der Waals surface area contributed by atoms with Crippen LogP contribution in [0.5, 0.6) is 11.5 Å². The first-order valence-electron chi connectivity index (χ1n) is 5.77. The average Bonchev–Trinajstić information content (AvgIpc) is 2.42. The van der Waals surface area contributed by atoms with E-state index in [0.29, 0.717) is 23.5 Å². The standard InChI is InChI=1S/C13H17O4P/c1-4-6-11(18-15)13(14)12-9(16-2)7-5-8-10(12)17-3/h5,7-8,11H,4,6H2,1-3H3. The van der Waals surface area contributed by atoms with Crippen molar-refractivity contribution >= 4 is 14.2 Å². The molecule has 5 heteroatoms. The normalized spacial score (nSPS) is 12.2. The lowest BCUT2D eigenvalue weighted by molar-refractivity contribution is 0.0978. The van der Waals surface area contributed by atoms with Gasteiger partial charge in [-0.1, -0.05) is 19.4 Å². The predicted molar refractivity (Wildman–Crippen MR) is 70.2 cm³/mol. The minimum absolute atomic E-state index is 0.164. The fourth-order valence-electron chi connectivity index (χ4n) is 1.77. The van der Waals surface area contributed by atoms with Crippen molar-refractivity contribution in [2.75, 3.05) is 14.2 Å². The van der Waals surface area contributed by atoms with Gasteiger partial charge in [-0.2, -0.15) is 0 Å². The van der Waals surface area contributed by atoms with Gasteiger partial charge in [-0.3, -0.25) is 9.36 Å². The molecule has 0 aliphatic rings. The number of ketones is 1. The molecule has 1 aromatic rings. The van der Waals surface area contributed by atoms with E-state index in [1.807, 2.05) is 6.92 Å². The van der Waals surface area contributed by atoms with Gasteiger partial charge in [-0.05, 0) is 18.6 Å². The topological polar surface area (TPSA) is 52.6 Å². The molecule has 0 fully saturated rings. The van der Waals surface area contributed by atoms with Gasteiger partial charge < -0.3 is 9.47 Å². The molecular weight excluding hydrogens is 251 g/mol. The van der Waals surface area contributed by atoms with Crippen molar-refractivity contribution in [3.63, 3.8) is 0 Å². The first kappa shape index (κ1) is 14.7. The Balaban J connectivity index is 3.20. The maximum Gasteiger partial charge on any atom is 0.184 e. The Hall–Kier alpha value is -1.41. The summed E-state index contributed by atoms with van der Waals surface area (Å²) in [5.41, 5.74) is -0.176. The van der Waals surface area contributed by atoms with Crippen LogP contribution in [-0.4, -0.2) is 25.7 Å². The van der Waals surface area contributed by atoms with E-state index in [4.69, 9.17) is 9.47 Å². The van der Waals surface area contributed by atoms with Crippen molar-refractivity contribution in [3.05, 3.63) is 23.8 Å². The molecule has 0 aliphatic carbocycles. The highest BCUT2D eigenvalue weighted by Gasteiger charge is 2.26. The van der Waals surface area contributed by atoms with Crippen LogP contribution in [0.3, 0.4) is 0 Å². The summed E-state index contributed by atoms with van der Waals surface area (Å²) in [5.74, 6) is 0.691. The lowest BCUT2D eigenvalue weighted by Crippen LogP contribution is -2.16. The number of Topliss-reactive ketones (excluding diaryl/α,β-unsaturated/α-hetero) is 1. The Kier molecular flexibility index (Phi) is 5.79. The van der Waals surface area contributed by atoms with Crippen LogP contribution in [0.1, 0.15) is 30.1 Å². The zero-order valence-electron chi connectivity index (χ0n) is 10.8. The SMILES string of the molecule is CCCC(P=O)C(=O)c1c(OC)cccc1OC. The van der Waals surface area contributed by atoms with E-state index in [1.54, 1.807) is 18.2 Å². The summed E-state index contributed by atoms with van der Waals surface area (Å²) in [7, 11) is 2.83. The van der Waals surface area contributed by atoms with Crippen LogP contribution in [0.4, 0.5) is 0 Å². The van der Waals surface area contributed by atoms with Crippen LogP contribution in [0, 0.1) is 0 Å². The maximum atomic E-state index is 12.4. The van der Waals surface area contributed by atoms with Gasteiger partial charge in [-0.15, -0.1) is 0 Å². The highest BCUT2D eigenvalue weighted by molar-refractivity contribution is 7.26. The Bertz CT molecular complexity index is 409. The van der Waals surface area contributed by atoms with E-state index < -0.39 is 5.66 Å². The fourth-order valence-corrected chi connectivity index (χ4v) is 2.35. The molecule has 4 nitrogen and oxygen atoms in total. The Morgan fingerprint density at radius 3 is 2.22 bits per heavy atom. The second-order valence-electron chi connectivity index (χ2n) is 3.81. The average molecular weight is 268 g/mol. The molecule has 18 heavy (non-hydrogen) atoms. The molecule has 98 valence electrons. The molecule has 1 atom stereocenters. The van der Waals surface area contributed by atoms with E-state index in [-0.39, 0.29) is 14.2 Å². The third kappa shape index (κ3) is 3.08. The number of benzene rings is 1. The Morgan fingerprint density at radius 2 is 1.83 bits per heavy atom. The van der Waals surface area contributed by atoms with Crippen LogP contribution in [0.15, 0.2) is 18.2 Å². The number of hydrogen-bond acceptors (Lipinski definition) is 4. The van der Waals surface area contributed by atoms with E-state index in [1.165, 1.54) is 14.2 Å². The first-order valence-corrected chi connectivity index (χ1v) is 6.65. The van der Waals surface area contributed by atoms with Crippen molar-refractivity contribution in [1.29, 1.82) is 0 Å². The summed E-state index contributed by atoms with van der Waals surface area (Å²) in [6.07, 6.45) is 1.37. The quantitative estimate of drug-likeness (QED) is 0.562. The van der Waals surface area contributed by atoms with Crippen molar-refractivity contribution in [3.8, 4) is 11.5 Å². The van der Waals surface area contributed by atoms with E-state index in [2.05, 4.69) is 0 Å². The van der Waals surface area contributed by atoms with Crippen LogP contribution < -0.4 is 9.47 Å². The Morgan fingerprint density at radius 1 is 1.28 bits per heavy atom. The first-order chi connectivity index (χ1) is 8.69. The number of carbonyl (C=O) groups is 1. The molecule has 0 saturated heterocycles. The van der Waals surface area contributed by atoms with Gasteiger partial charge in [0.2, 0.25) is 0 Å². The van der Waals surface area contributed by atoms with E-state index in [0.717, 1.165) is 6.42 Å². The molecule has 1 rings (SSSR count). The number of rotatable bonds is 7. The van der Waals surface area contributed by atoms with Gasteiger partial charge in [0.1, 0.15) is 22.7 Å². The van der Waals surface area contributed by atoms with Gasteiger partial charge in [0, 0.05) is 0 Å². The lowest BCUT2D eigenvalue weighted by Gasteiger charge is -2.14. The summed E-state index contributed by atoms with van der Waals surface area (Å²) < 4.78 is 21.5. The number of methoxy groups -OCH3 is 2. The van der Waals surface area contributed by atoms with Crippen molar-refractivity contribution in [1.82, 2.24) is 0 Å². The van der Waals surface area contributed by atoms with Crippen LogP contribution in [-0.2, 0) is 4.57 Å². The maximum absolute atomic E-state index is 12.4. The highest BCUT2D eigenvalue weighted by Crippen LogP contribution is 2.32. The van der Waals surface area contributed by atoms with Crippen LogP contribution in [0.25, 0.3) is 0 Å². The van der Waals surface area contributed by atoms with Crippen molar-refractivity contribution in [2.45, 2.75) is 25.4 Å². The molecule has 1 aromatic carbocycles. The summed E-state index contributed by atoms with van der Waals surface area (Å²) in [5, 5.41) is 0. The molecule has 0 saturated carbocycles. The molecular formula is C13H17O4P. The third-order valence-corrected chi connectivity index (χ3v) is 3.41. The second kappa shape index (κ2) is 7.12. The monoisotopic (exact) mass is 268 g/mol. The number of ether oxygens (including phenoxy) is 2. The molecule has 0 amide bonds. The molecule has 0 bridgehead atoms. The fraction of sp³-hybridized carbons (Fsp3) is 0.462. The molecule has 0 radical (unpaired) electrons. The molecule has 0 heterocycles. The summed E-state index contributed by atoms with van der Waals surface area (Å²) >= 11 is 0. The van der Waals surface area contributed by atoms with Gasteiger partial charge in [0.15, 0.2) is 14.2 Å². The minimum Gasteiger partial charge on any atom is -0.496 e. The summed E-state index contributed by atoms with van der Waals surface area (Å²) in [4.78, 5) is 12.4. The zero-order valence-corrected chi connectivity index (χ0v) is 11.7. The Labute approximate surface area is 108 Å². The van der Waals surface area contributed by atoms with Gasteiger partial charge in [0.25, 0.3) is 0 Å². The smallest absolute Gasteiger partial charge is 0.184 e. The highest BCUT2D eigenvalue weighted by atomic mass is 31.1. The summed E-state index contributed by atoms with van der Waals surface area (Å²) in [6.45, 7) is 1.95. The van der Waals surface area contributed by atoms with Crippen LogP contribution in [0.2, 0.25) is 0 Å². The summed E-state index contributed by atoms with van der Waals surface area (Å²) in [6, 6.07) is 5.14. The predicted octanol–water partition coefficient (Wildman–Crippen LogP) is 3.35. The van der Waals surface area contributed by atoms with Gasteiger partial charge in [0.05, 0.1) is 14.2 Å². The molecule has 0 aliphatic heterocycles. The van der Waals surface area contributed by atoms with E-state index in [9.17, 15) is 9.36 Å². The molecule has 1 unspecified atom stereocenters. The van der Waals surface area contributed by atoms with Gasteiger partial charge in [-0.25, -0.2) is 0 Å². The number of hydrogen-bond donors (Lipinski definition) is 0. The minimum atomic E-state index is -0.541. The molecule has 0 spiro atoms.